The molecule has 0 heterocycles. The van der Waals surface area contributed by atoms with Crippen molar-refractivity contribution in [3.8, 4) is 0 Å². The van der Waals surface area contributed by atoms with Crippen molar-refractivity contribution in [2.24, 2.45) is 5.92 Å². The molecule has 0 bridgehead atoms. The number of carbonyl (C=O) groups is 1. The predicted octanol–water partition coefficient (Wildman–Crippen LogP) is 3.21. The molecule has 0 aliphatic rings. The summed E-state index contributed by atoms with van der Waals surface area (Å²) in [6.07, 6.45) is 3.20. The van der Waals surface area contributed by atoms with Crippen molar-refractivity contribution in [3.05, 3.63) is 29.8 Å². The second-order valence-corrected chi connectivity index (χ2v) is 4.71. The number of benzene rings is 1. The third kappa shape index (κ3) is 4.96. The van der Waals surface area contributed by atoms with Gasteiger partial charge in [-0.05, 0) is 36.5 Å². The molecule has 0 saturated heterocycles. The molecule has 0 amide bonds. The van der Waals surface area contributed by atoms with Gasteiger partial charge in [-0.25, -0.2) is 0 Å². The summed E-state index contributed by atoms with van der Waals surface area (Å²) in [6, 6.07) is 7.75. The van der Waals surface area contributed by atoms with Crippen molar-refractivity contribution in [1.82, 2.24) is 0 Å². The van der Waals surface area contributed by atoms with E-state index in [0.29, 0.717) is 24.5 Å². The van der Waals surface area contributed by atoms with Crippen LogP contribution < -0.4 is 5.73 Å². The number of nitrogen functional groups attached to an aromatic ring is 1. The van der Waals surface area contributed by atoms with Crippen LogP contribution in [0, 0.1) is 5.92 Å². The van der Waals surface area contributed by atoms with Crippen LogP contribution in [0.3, 0.4) is 0 Å². The lowest BCUT2D eigenvalue weighted by atomic mass is 10.0. The molecular weight excluding hydrogens is 198 g/mol. The van der Waals surface area contributed by atoms with Crippen LogP contribution in [0.4, 0.5) is 5.69 Å². The Labute approximate surface area is 97.9 Å². The van der Waals surface area contributed by atoms with Gasteiger partial charge in [0.1, 0.15) is 5.78 Å². The number of ketones is 1. The molecule has 0 radical (unpaired) electrons. The Bertz CT molecular complexity index is 327. The van der Waals surface area contributed by atoms with E-state index >= 15 is 0 Å². The lowest BCUT2D eigenvalue weighted by Gasteiger charge is -2.04. The zero-order valence-electron chi connectivity index (χ0n) is 10.2. The standard InChI is InChI=1S/C14H21NO/c1-11(2)3-9-14(16)10-6-12-4-7-13(15)8-5-12/h4-5,7-8,11H,3,6,9-10,15H2,1-2H3. The summed E-state index contributed by atoms with van der Waals surface area (Å²) >= 11 is 0. The second kappa shape index (κ2) is 6.31. The number of rotatable bonds is 6. The van der Waals surface area contributed by atoms with Crippen molar-refractivity contribution in [1.29, 1.82) is 0 Å². The van der Waals surface area contributed by atoms with Gasteiger partial charge in [-0.1, -0.05) is 26.0 Å². The van der Waals surface area contributed by atoms with E-state index in [2.05, 4.69) is 13.8 Å². The first-order valence-electron chi connectivity index (χ1n) is 5.94. The van der Waals surface area contributed by atoms with Crippen LogP contribution in [-0.4, -0.2) is 5.78 Å². The normalized spacial score (nSPS) is 10.7. The Hall–Kier alpha value is -1.31. The second-order valence-electron chi connectivity index (χ2n) is 4.71. The lowest BCUT2D eigenvalue weighted by Crippen LogP contribution is -2.02. The number of Topliss-reactive ketones (excluding diaryl/α,β-unsaturated/α-hetero) is 1. The Balaban J connectivity index is 2.29. The number of carbonyl (C=O) groups excluding carboxylic acids is 1. The van der Waals surface area contributed by atoms with Crippen LogP contribution in [0.5, 0.6) is 0 Å². The predicted molar refractivity (Wildman–Crippen MR) is 68.3 cm³/mol. The minimum absolute atomic E-state index is 0.366. The fraction of sp³-hybridized carbons (Fsp3) is 0.500. The third-order valence-corrected chi connectivity index (χ3v) is 2.67. The maximum atomic E-state index is 11.6. The summed E-state index contributed by atoms with van der Waals surface area (Å²) in [5, 5.41) is 0. The molecule has 0 spiro atoms. The van der Waals surface area contributed by atoms with E-state index in [-0.39, 0.29) is 0 Å². The van der Waals surface area contributed by atoms with Crippen LogP contribution in [0.1, 0.15) is 38.7 Å². The van der Waals surface area contributed by atoms with Crippen LogP contribution >= 0.6 is 0 Å². The summed E-state index contributed by atoms with van der Waals surface area (Å²) in [5.74, 6) is 0.978. The van der Waals surface area contributed by atoms with Crippen LogP contribution in [0.25, 0.3) is 0 Å². The maximum absolute atomic E-state index is 11.6. The van der Waals surface area contributed by atoms with Crippen LogP contribution in [0.2, 0.25) is 0 Å². The van der Waals surface area contributed by atoms with Gasteiger partial charge in [-0.15, -0.1) is 0 Å². The average Bonchev–Trinajstić information content (AvgIpc) is 2.25. The highest BCUT2D eigenvalue weighted by molar-refractivity contribution is 5.78. The number of nitrogens with two attached hydrogens (primary N) is 1. The van der Waals surface area contributed by atoms with Crippen molar-refractivity contribution >= 4 is 11.5 Å². The molecule has 2 heteroatoms. The molecule has 1 aromatic carbocycles. The first kappa shape index (κ1) is 12.8. The molecule has 0 unspecified atom stereocenters. The monoisotopic (exact) mass is 219 g/mol. The molecule has 88 valence electrons. The smallest absolute Gasteiger partial charge is 0.133 e. The van der Waals surface area contributed by atoms with E-state index < -0.39 is 0 Å². The van der Waals surface area contributed by atoms with Crippen molar-refractivity contribution in [2.45, 2.75) is 39.5 Å². The van der Waals surface area contributed by atoms with Gasteiger partial charge in [-0.3, -0.25) is 4.79 Å². The van der Waals surface area contributed by atoms with Gasteiger partial charge in [0.25, 0.3) is 0 Å². The molecule has 0 aliphatic heterocycles. The van der Waals surface area contributed by atoms with E-state index in [1.54, 1.807) is 0 Å². The summed E-state index contributed by atoms with van der Waals surface area (Å²) in [5.41, 5.74) is 7.56. The fourth-order valence-corrected chi connectivity index (χ4v) is 1.54. The highest BCUT2D eigenvalue weighted by Crippen LogP contribution is 2.10. The largest absolute Gasteiger partial charge is 0.399 e. The number of aryl methyl sites for hydroxylation is 1. The molecule has 0 saturated carbocycles. The van der Waals surface area contributed by atoms with E-state index in [1.165, 1.54) is 5.56 Å². The quantitative estimate of drug-likeness (QED) is 0.746. The van der Waals surface area contributed by atoms with E-state index in [0.717, 1.165) is 18.5 Å². The van der Waals surface area contributed by atoms with Gasteiger partial charge in [0.2, 0.25) is 0 Å². The van der Waals surface area contributed by atoms with Gasteiger partial charge in [-0.2, -0.15) is 0 Å². The highest BCUT2D eigenvalue weighted by Gasteiger charge is 2.04. The van der Waals surface area contributed by atoms with E-state index in [1.807, 2.05) is 24.3 Å². The minimum atomic E-state index is 0.366. The van der Waals surface area contributed by atoms with Gasteiger partial charge in [0, 0.05) is 18.5 Å². The third-order valence-electron chi connectivity index (χ3n) is 2.67. The van der Waals surface area contributed by atoms with Gasteiger partial charge in [0.15, 0.2) is 0 Å². The Morgan fingerprint density at radius 2 is 1.81 bits per heavy atom. The summed E-state index contributed by atoms with van der Waals surface area (Å²) < 4.78 is 0. The number of anilines is 1. The minimum Gasteiger partial charge on any atom is -0.399 e. The SMILES string of the molecule is CC(C)CCC(=O)CCc1ccc(N)cc1. The van der Waals surface area contributed by atoms with Crippen LogP contribution in [0.15, 0.2) is 24.3 Å². The zero-order valence-corrected chi connectivity index (χ0v) is 10.2. The van der Waals surface area contributed by atoms with Crippen molar-refractivity contribution in [3.63, 3.8) is 0 Å². The summed E-state index contributed by atoms with van der Waals surface area (Å²) in [6.45, 7) is 4.29. The Kier molecular flexibility index (Phi) is 5.03. The van der Waals surface area contributed by atoms with Crippen LogP contribution in [-0.2, 0) is 11.2 Å². The Morgan fingerprint density at radius 1 is 1.19 bits per heavy atom. The summed E-state index contributed by atoms with van der Waals surface area (Å²) in [4.78, 5) is 11.6. The maximum Gasteiger partial charge on any atom is 0.133 e. The molecule has 0 aromatic heterocycles. The molecule has 0 atom stereocenters. The van der Waals surface area contributed by atoms with E-state index in [9.17, 15) is 4.79 Å². The first-order chi connectivity index (χ1) is 7.58. The zero-order chi connectivity index (χ0) is 12.0. The van der Waals surface area contributed by atoms with Crippen molar-refractivity contribution < 1.29 is 4.79 Å². The topological polar surface area (TPSA) is 43.1 Å². The summed E-state index contributed by atoms with van der Waals surface area (Å²) in [7, 11) is 0. The molecule has 16 heavy (non-hydrogen) atoms. The molecule has 2 N–H and O–H groups in total. The molecule has 0 aliphatic carbocycles. The van der Waals surface area contributed by atoms with Crippen molar-refractivity contribution in [2.75, 3.05) is 5.73 Å². The molecular formula is C14H21NO. The fourth-order valence-electron chi connectivity index (χ4n) is 1.54. The van der Waals surface area contributed by atoms with Gasteiger partial charge >= 0.3 is 0 Å². The molecule has 2 nitrogen and oxygen atoms in total. The lowest BCUT2D eigenvalue weighted by molar-refractivity contribution is -0.119. The number of hydrogen-bond acceptors (Lipinski definition) is 2. The molecule has 1 aromatic rings. The van der Waals surface area contributed by atoms with E-state index in [4.69, 9.17) is 5.73 Å². The highest BCUT2D eigenvalue weighted by atomic mass is 16.1. The Morgan fingerprint density at radius 3 is 2.38 bits per heavy atom. The van der Waals surface area contributed by atoms with Gasteiger partial charge < -0.3 is 5.73 Å². The molecule has 1 rings (SSSR count). The average molecular weight is 219 g/mol. The van der Waals surface area contributed by atoms with Gasteiger partial charge in [0.05, 0.1) is 0 Å². The number of hydrogen-bond donors (Lipinski definition) is 1. The molecule has 0 fully saturated rings. The first-order valence-corrected chi connectivity index (χ1v) is 5.94.